The summed E-state index contributed by atoms with van der Waals surface area (Å²) in [5, 5.41) is 0. The zero-order valence-electron chi connectivity index (χ0n) is 7.97. The highest BCUT2D eigenvalue weighted by atomic mass is 16.1. The van der Waals surface area contributed by atoms with Crippen LogP contribution in [0.1, 0.15) is 27.7 Å². The fraction of sp³-hybridized carbons (Fsp3) is 0.750. The lowest BCUT2D eigenvalue weighted by atomic mass is 10.1. The Hall–Kier alpha value is -0.740. The van der Waals surface area contributed by atoms with Crippen LogP contribution >= 0.6 is 0 Å². The maximum absolute atomic E-state index is 10.4. The van der Waals surface area contributed by atoms with E-state index < -0.39 is 11.1 Å². The van der Waals surface area contributed by atoms with Crippen LogP contribution in [-0.4, -0.2) is 23.7 Å². The van der Waals surface area contributed by atoms with E-state index in [0.29, 0.717) is 0 Å². The first kappa shape index (κ1) is 11.3. The Morgan fingerprint density at radius 2 is 1.08 bits per heavy atom. The molecule has 0 saturated carbocycles. The second-order valence-corrected chi connectivity index (χ2v) is 3.93. The topological polar surface area (TPSA) is 58.2 Å². The monoisotopic (exact) mass is 172 g/mol. The number of hydrogen-bond donors (Lipinski definition) is 2. The summed E-state index contributed by atoms with van der Waals surface area (Å²) in [6, 6.07) is 0. The lowest BCUT2D eigenvalue weighted by molar-refractivity contribution is -0.115. The van der Waals surface area contributed by atoms with Gasteiger partial charge in [0.1, 0.15) is 12.6 Å². The maximum Gasteiger partial charge on any atom is 0.140 e. The number of carbonyl (C=O) groups excluding carboxylic acids is 2. The van der Waals surface area contributed by atoms with Crippen molar-refractivity contribution in [3.63, 3.8) is 0 Å². The quantitative estimate of drug-likeness (QED) is 0.454. The third-order valence-corrected chi connectivity index (χ3v) is 1.30. The molecule has 0 aromatic carbocycles. The smallest absolute Gasteiger partial charge is 0.140 e. The van der Waals surface area contributed by atoms with E-state index in [1.165, 1.54) is 0 Å². The van der Waals surface area contributed by atoms with Crippen LogP contribution < -0.4 is 10.9 Å². The fourth-order valence-corrected chi connectivity index (χ4v) is 0.381. The molecule has 0 aliphatic carbocycles. The molecule has 70 valence electrons. The first-order valence-electron chi connectivity index (χ1n) is 3.80. The summed E-state index contributed by atoms with van der Waals surface area (Å²) in [6.07, 6.45) is 1.56. The SMILES string of the molecule is CC(C)(C=O)NNC(C)(C)C=O. The van der Waals surface area contributed by atoms with Crippen molar-refractivity contribution in [2.45, 2.75) is 38.8 Å². The number of nitrogens with one attached hydrogen (secondary N) is 2. The third-order valence-electron chi connectivity index (χ3n) is 1.30. The van der Waals surface area contributed by atoms with Crippen LogP contribution in [0.2, 0.25) is 0 Å². The standard InChI is InChI=1S/C8H16N2O2/c1-7(2,5-11)9-10-8(3,4)6-12/h5-6,9-10H,1-4H3. The van der Waals surface area contributed by atoms with Crippen LogP contribution in [0.3, 0.4) is 0 Å². The van der Waals surface area contributed by atoms with Gasteiger partial charge in [-0.05, 0) is 27.7 Å². The Labute approximate surface area is 72.7 Å². The molecule has 0 rings (SSSR count). The Balaban J connectivity index is 3.98. The summed E-state index contributed by atoms with van der Waals surface area (Å²) < 4.78 is 0. The second-order valence-electron chi connectivity index (χ2n) is 3.93. The molecule has 0 aromatic rings. The van der Waals surface area contributed by atoms with Crippen LogP contribution in [0.5, 0.6) is 0 Å². The highest BCUT2D eigenvalue weighted by Crippen LogP contribution is 1.98. The summed E-state index contributed by atoms with van der Waals surface area (Å²) in [4.78, 5) is 20.9. The van der Waals surface area contributed by atoms with Gasteiger partial charge in [0.25, 0.3) is 0 Å². The molecular formula is C8H16N2O2. The van der Waals surface area contributed by atoms with Crippen LogP contribution in [0.25, 0.3) is 0 Å². The fourth-order valence-electron chi connectivity index (χ4n) is 0.381. The van der Waals surface area contributed by atoms with Crippen molar-refractivity contribution in [1.29, 1.82) is 0 Å². The molecule has 4 heteroatoms. The molecule has 0 radical (unpaired) electrons. The molecule has 2 N–H and O–H groups in total. The van der Waals surface area contributed by atoms with Crippen molar-refractivity contribution >= 4 is 12.6 Å². The van der Waals surface area contributed by atoms with Gasteiger partial charge in [-0.15, -0.1) is 0 Å². The van der Waals surface area contributed by atoms with E-state index in [1.54, 1.807) is 27.7 Å². The molecule has 0 aromatic heterocycles. The van der Waals surface area contributed by atoms with Crippen molar-refractivity contribution in [2.24, 2.45) is 0 Å². The number of hydrazine groups is 1. The van der Waals surface area contributed by atoms with Gasteiger partial charge < -0.3 is 9.59 Å². The van der Waals surface area contributed by atoms with Gasteiger partial charge >= 0.3 is 0 Å². The molecule has 0 amide bonds. The number of aldehydes is 2. The van der Waals surface area contributed by atoms with Crippen molar-refractivity contribution in [1.82, 2.24) is 10.9 Å². The van der Waals surface area contributed by atoms with Gasteiger partial charge in [0.15, 0.2) is 0 Å². The van der Waals surface area contributed by atoms with Crippen molar-refractivity contribution in [3.05, 3.63) is 0 Å². The largest absolute Gasteiger partial charge is 0.301 e. The minimum atomic E-state index is -0.652. The summed E-state index contributed by atoms with van der Waals surface area (Å²) in [5.41, 5.74) is 4.20. The molecule has 0 saturated heterocycles. The molecule has 0 aliphatic heterocycles. The summed E-state index contributed by atoms with van der Waals surface area (Å²) in [6.45, 7) is 6.86. The van der Waals surface area contributed by atoms with E-state index in [0.717, 1.165) is 12.6 Å². The van der Waals surface area contributed by atoms with Crippen LogP contribution in [0.15, 0.2) is 0 Å². The Bertz CT molecular complexity index is 156. The van der Waals surface area contributed by atoms with E-state index in [-0.39, 0.29) is 0 Å². The molecule has 0 fully saturated rings. The van der Waals surface area contributed by atoms with Crippen LogP contribution in [-0.2, 0) is 9.59 Å². The summed E-state index contributed by atoms with van der Waals surface area (Å²) in [5.74, 6) is 0. The molecule has 0 unspecified atom stereocenters. The molecule has 12 heavy (non-hydrogen) atoms. The van der Waals surface area contributed by atoms with Gasteiger partial charge in [0.2, 0.25) is 0 Å². The van der Waals surface area contributed by atoms with Gasteiger partial charge in [-0.25, -0.2) is 10.9 Å². The predicted molar refractivity (Wildman–Crippen MR) is 46.6 cm³/mol. The van der Waals surface area contributed by atoms with Crippen LogP contribution in [0, 0.1) is 0 Å². The first-order chi connectivity index (χ1) is 5.33. The molecule has 4 nitrogen and oxygen atoms in total. The lowest BCUT2D eigenvalue weighted by Crippen LogP contribution is -2.57. The maximum atomic E-state index is 10.4. The van der Waals surface area contributed by atoms with E-state index >= 15 is 0 Å². The lowest BCUT2D eigenvalue weighted by Gasteiger charge is -2.26. The average molecular weight is 172 g/mol. The normalized spacial score (nSPS) is 12.7. The molecule has 0 bridgehead atoms. The van der Waals surface area contributed by atoms with Crippen LogP contribution in [0.4, 0.5) is 0 Å². The highest BCUT2D eigenvalue weighted by Gasteiger charge is 2.21. The zero-order valence-corrected chi connectivity index (χ0v) is 7.97. The molecule has 0 aliphatic rings. The molecular weight excluding hydrogens is 156 g/mol. The highest BCUT2D eigenvalue weighted by molar-refractivity contribution is 5.64. The zero-order chi connectivity index (χ0) is 9.83. The number of hydrogen-bond acceptors (Lipinski definition) is 4. The second kappa shape index (κ2) is 3.78. The summed E-state index contributed by atoms with van der Waals surface area (Å²) >= 11 is 0. The average Bonchev–Trinajstić information content (AvgIpc) is 2.02. The molecule has 0 spiro atoms. The number of rotatable bonds is 5. The van der Waals surface area contributed by atoms with Gasteiger partial charge in [-0.1, -0.05) is 0 Å². The minimum absolute atomic E-state index is 0.652. The Morgan fingerprint density at radius 3 is 1.25 bits per heavy atom. The summed E-state index contributed by atoms with van der Waals surface area (Å²) in [7, 11) is 0. The van der Waals surface area contributed by atoms with Crippen molar-refractivity contribution in [3.8, 4) is 0 Å². The first-order valence-corrected chi connectivity index (χ1v) is 3.80. The molecule has 0 atom stereocenters. The van der Waals surface area contributed by atoms with E-state index in [2.05, 4.69) is 10.9 Å². The van der Waals surface area contributed by atoms with Crippen molar-refractivity contribution < 1.29 is 9.59 Å². The predicted octanol–water partition coefficient (Wildman–Crippen LogP) is 0.0356. The Kier molecular flexibility index (Phi) is 3.55. The number of carbonyl (C=O) groups is 2. The van der Waals surface area contributed by atoms with Gasteiger partial charge in [0.05, 0.1) is 11.1 Å². The Morgan fingerprint density at radius 1 is 0.833 bits per heavy atom. The van der Waals surface area contributed by atoms with E-state index in [1.807, 2.05) is 0 Å². The van der Waals surface area contributed by atoms with Gasteiger partial charge in [0, 0.05) is 0 Å². The van der Waals surface area contributed by atoms with Gasteiger partial charge in [-0.2, -0.15) is 0 Å². The van der Waals surface area contributed by atoms with Crippen molar-refractivity contribution in [2.75, 3.05) is 0 Å². The van der Waals surface area contributed by atoms with E-state index in [9.17, 15) is 9.59 Å². The third kappa shape index (κ3) is 4.20. The van der Waals surface area contributed by atoms with Gasteiger partial charge in [-0.3, -0.25) is 0 Å². The minimum Gasteiger partial charge on any atom is -0.301 e. The molecule has 0 heterocycles. The van der Waals surface area contributed by atoms with E-state index in [4.69, 9.17) is 0 Å².